The second-order valence-electron chi connectivity index (χ2n) is 12.2. The highest BCUT2D eigenvalue weighted by Crippen LogP contribution is 2.68. The molecule has 1 spiro atoms. The van der Waals surface area contributed by atoms with Gasteiger partial charge in [0.05, 0.1) is 0 Å². The maximum absolute atomic E-state index is 12.5. The third kappa shape index (κ3) is 3.22. The first-order chi connectivity index (χ1) is 16.3. The molecule has 2 heterocycles. The Bertz CT molecular complexity index is 981. The van der Waals surface area contributed by atoms with E-state index in [1.165, 1.54) is 44.2 Å². The number of carbonyl (C=O) groups is 2. The number of rotatable bonds is 3. The summed E-state index contributed by atoms with van der Waals surface area (Å²) < 4.78 is 11.0. The van der Waals surface area contributed by atoms with Crippen LogP contribution in [0.2, 0.25) is 0 Å². The van der Waals surface area contributed by atoms with Crippen LogP contribution < -0.4 is 0 Å². The minimum atomic E-state index is -0.777. The van der Waals surface area contributed by atoms with E-state index in [0.717, 1.165) is 49.0 Å². The molecule has 0 aromatic heterocycles. The maximum Gasteiger partial charge on any atom is 0.383 e. The second-order valence-corrected chi connectivity index (χ2v) is 12.2. The van der Waals surface area contributed by atoms with Crippen molar-refractivity contribution in [1.29, 1.82) is 0 Å². The van der Waals surface area contributed by atoms with Gasteiger partial charge in [-0.1, -0.05) is 24.6 Å². The topological polar surface area (TPSA) is 55.8 Å². The molecule has 6 aliphatic rings. The second kappa shape index (κ2) is 8.08. The van der Waals surface area contributed by atoms with Gasteiger partial charge in [-0.3, -0.25) is 4.79 Å². The first-order valence-electron chi connectivity index (χ1n) is 13.5. The van der Waals surface area contributed by atoms with E-state index in [2.05, 4.69) is 31.9 Å². The average Bonchev–Trinajstić information content (AvgIpc) is 3.33. The molecule has 0 aromatic carbocycles. The maximum atomic E-state index is 12.5. The van der Waals surface area contributed by atoms with Gasteiger partial charge in [-0.25, -0.2) is 4.79 Å². The van der Waals surface area contributed by atoms with E-state index in [-0.39, 0.29) is 17.3 Å². The van der Waals surface area contributed by atoms with Gasteiger partial charge in [-0.2, -0.15) is 0 Å². The lowest BCUT2D eigenvalue weighted by atomic mass is 9.47. The van der Waals surface area contributed by atoms with Crippen molar-refractivity contribution in [3.63, 3.8) is 0 Å². The zero-order chi connectivity index (χ0) is 23.7. The molecule has 0 N–H and O–H groups in total. The van der Waals surface area contributed by atoms with Gasteiger partial charge in [0.25, 0.3) is 0 Å². The molecule has 0 amide bonds. The summed E-state index contributed by atoms with van der Waals surface area (Å²) in [5.74, 6) is 1.94. The van der Waals surface area contributed by atoms with E-state index in [9.17, 15) is 9.59 Å². The van der Waals surface area contributed by atoms with Gasteiger partial charge < -0.3 is 14.4 Å². The standard InChI is InChI=1S/C29H39NO4/c1-18-22-9-10-24-21-8-7-19-16-20(34-27(32)26(31)25-6-4-5-15-33-25)11-13-28(19,2)23(21)12-14-29(22,24)17-30(18)3/h4-7,18,20-24H,8-17H2,1-3H3/t18-,20-,21+,22+,23-,24-,28-,29-/m0/s1. The summed E-state index contributed by atoms with van der Waals surface area (Å²) in [6.07, 6.45) is 16.8. The molecule has 0 unspecified atom stereocenters. The van der Waals surface area contributed by atoms with Crippen molar-refractivity contribution >= 4 is 11.8 Å². The number of hydrogen-bond donors (Lipinski definition) is 0. The minimum absolute atomic E-state index is 0.0887. The van der Waals surface area contributed by atoms with Crippen LogP contribution in [0.25, 0.3) is 0 Å². The highest BCUT2D eigenvalue weighted by Gasteiger charge is 2.64. The molecule has 4 aliphatic carbocycles. The number of fused-ring (bicyclic) bond motifs is 4. The Morgan fingerprint density at radius 2 is 1.94 bits per heavy atom. The van der Waals surface area contributed by atoms with Crippen molar-refractivity contribution in [2.24, 2.45) is 34.5 Å². The zero-order valence-electron chi connectivity index (χ0n) is 20.9. The fourth-order valence-corrected chi connectivity index (χ4v) is 9.37. The zero-order valence-corrected chi connectivity index (χ0v) is 20.9. The first kappa shape index (κ1) is 22.6. The Morgan fingerprint density at radius 3 is 2.74 bits per heavy atom. The molecule has 0 aromatic rings. The van der Waals surface area contributed by atoms with Crippen molar-refractivity contribution in [2.75, 3.05) is 20.2 Å². The predicted molar refractivity (Wildman–Crippen MR) is 130 cm³/mol. The summed E-state index contributed by atoms with van der Waals surface area (Å²) in [6, 6.07) is 0.727. The third-order valence-electron chi connectivity index (χ3n) is 11.1. The number of ketones is 1. The lowest BCUT2D eigenvalue weighted by molar-refractivity contribution is -0.159. The number of nitrogens with zero attached hydrogens (tertiary/aromatic N) is 1. The van der Waals surface area contributed by atoms with E-state index in [1.807, 2.05) is 0 Å². The van der Waals surface area contributed by atoms with Crippen LogP contribution in [0, 0.1) is 34.5 Å². The van der Waals surface area contributed by atoms with E-state index >= 15 is 0 Å². The Balaban J connectivity index is 1.16. The Kier molecular flexibility index (Phi) is 5.36. The molecule has 1 saturated heterocycles. The Morgan fingerprint density at radius 1 is 1.12 bits per heavy atom. The predicted octanol–water partition coefficient (Wildman–Crippen LogP) is 4.83. The fourth-order valence-electron chi connectivity index (χ4n) is 9.37. The van der Waals surface area contributed by atoms with E-state index < -0.39 is 11.8 Å². The van der Waals surface area contributed by atoms with Gasteiger partial charge in [0.1, 0.15) is 12.7 Å². The molecular formula is C29H39NO4. The van der Waals surface area contributed by atoms with Crippen LogP contribution in [0.15, 0.2) is 35.6 Å². The van der Waals surface area contributed by atoms with Crippen LogP contribution in [0.4, 0.5) is 0 Å². The lowest BCUT2D eigenvalue weighted by Crippen LogP contribution is -2.52. The van der Waals surface area contributed by atoms with Crippen molar-refractivity contribution in [2.45, 2.75) is 77.4 Å². The highest BCUT2D eigenvalue weighted by molar-refractivity contribution is 6.39. The Hall–Kier alpha value is -1.88. The van der Waals surface area contributed by atoms with Gasteiger partial charge in [-0.15, -0.1) is 0 Å². The summed E-state index contributed by atoms with van der Waals surface area (Å²) in [6.45, 7) is 6.55. The summed E-state index contributed by atoms with van der Waals surface area (Å²) in [5, 5.41) is 0. The van der Waals surface area contributed by atoms with Gasteiger partial charge in [0, 0.05) is 19.0 Å². The van der Waals surface area contributed by atoms with E-state index in [4.69, 9.17) is 9.47 Å². The molecule has 34 heavy (non-hydrogen) atoms. The van der Waals surface area contributed by atoms with Crippen LogP contribution in [-0.4, -0.2) is 49.0 Å². The number of allylic oxidation sites excluding steroid dienone is 3. The number of likely N-dealkylation sites (tertiary alicyclic amines) is 1. The molecule has 0 bridgehead atoms. The molecular weight excluding hydrogens is 426 g/mol. The molecule has 3 saturated carbocycles. The summed E-state index contributed by atoms with van der Waals surface area (Å²) in [7, 11) is 2.34. The van der Waals surface area contributed by atoms with Gasteiger partial charge >= 0.3 is 11.8 Å². The van der Waals surface area contributed by atoms with Crippen molar-refractivity contribution < 1.29 is 19.1 Å². The lowest BCUT2D eigenvalue weighted by Gasteiger charge is -2.58. The average molecular weight is 466 g/mol. The molecule has 5 nitrogen and oxygen atoms in total. The van der Waals surface area contributed by atoms with Crippen LogP contribution in [0.1, 0.15) is 65.2 Å². The van der Waals surface area contributed by atoms with Crippen molar-refractivity contribution in [3.05, 3.63) is 35.6 Å². The van der Waals surface area contributed by atoms with Gasteiger partial charge in [-0.05, 0) is 106 Å². The highest BCUT2D eigenvalue weighted by atomic mass is 16.6. The molecule has 5 heteroatoms. The molecule has 2 aliphatic heterocycles. The molecule has 6 rings (SSSR count). The third-order valence-corrected chi connectivity index (χ3v) is 11.1. The normalized spacial score (nSPS) is 45.1. The smallest absolute Gasteiger partial charge is 0.383 e. The number of ether oxygens (including phenoxy) is 2. The van der Waals surface area contributed by atoms with Crippen molar-refractivity contribution in [1.82, 2.24) is 4.90 Å². The summed E-state index contributed by atoms with van der Waals surface area (Å²) >= 11 is 0. The van der Waals surface area contributed by atoms with Gasteiger partial charge in [0.15, 0.2) is 5.76 Å². The van der Waals surface area contributed by atoms with Gasteiger partial charge in [0.2, 0.25) is 0 Å². The summed E-state index contributed by atoms with van der Waals surface area (Å²) in [4.78, 5) is 27.6. The number of Topliss-reactive ketones (excluding diaryl/α,β-unsaturated/α-hetero) is 1. The SMILES string of the molecule is C[C@H]1[C@H]2CC[C@H]3[C@@H]4CC=C5C[C@@H](OC(=O)C(=O)C6=CC=CCO6)CC[C@]5(C)[C@H]4CC[C@]23CN1C. The number of hydrogen-bond acceptors (Lipinski definition) is 5. The van der Waals surface area contributed by atoms with Crippen LogP contribution in [0.3, 0.4) is 0 Å². The number of esters is 1. The largest absolute Gasteiger partial charge is 0.485 e. The monoisotopic (exact) mass is 465 g/mol. The van der Waals surface area contributed by atoms with Crippen LogP contribution >= 0.6 is 0 Å². The van der Waals surface area contributed by atoms with E-state index in [0.29, 0.717) is 12.0 Å². The molecule has 0 radical (unpaired) electrons. The van der Waals surface area contributed by atoms with Crippen molar-refractivity contribution in [3.8, 4) is 0 Å². The molecule has 184 valence electrons. The quantitative estimate of drug-likeness (QED) is 0.339. The van der Waals surface area contributed by atoms with Crippen LogP contribution in [-0.2, 0) is 19.1 Å². The minimum Gasteiger partial charge on any atom is -0.485 e. The number of carbonyl (C=O) groups excluding carboxylic acids is 2. The Labute approximate surface area is 203 Å². The van der Waals surface area contributed by atoms with Crippen LogP contribution in [0.5, 0.6) is 0 Å². The molecule has 8 atom stereocenters. The first-order valence-corrected chi connectivity index (χ1v) is 13.5. The van der Waals surface area contributed by atoms with E-state index in [1.54, 1.807) is 18.2 Å². The molecule has 4 fully saturated rings. The fraction of sp³-hybridized carbons (Fsp3) is 0.724. The summed E-state index contributed by atoms with van der Waals surface area (Å²) in [5.41, 5.74) is 2.24.